The first kappa shape index (κ1) is 12.7. The zero-order chi connectivity index (χ0) is 13.1. The lowest BCUT2D eigenvalue weighted by Gasteiger charge is -2.06. The van der Waals surface area contributed by atoms with Gasteiger partial charge in [-0.1, -0.05) is 30.0 Å². The highest BCUT2D eigenvalue weighted by molar-refractivity contribution is 7.99. The number of aromatic nitrogens is 2. The molecule has 94 valence electrons. The van der Waals surface area contributed by atoms with E-state index < -0.39 is 5.97 Å². The number of para-hydroxylation sites is 1. The predicted octanol–water partition coefficient (Wildman–Crippen LogP) is 2.71. The average molecular weight is 262 g/mol. The van der Waals surface area contributed by atoms with Gasteiger partial charge in [0.05, 0.1) is 16.8 Å². The van der Waals surface area contributed by atoms with Crippen LogP contribution in [0.2, 0.25) is 0 Å². The van der Waals surface area contributed by atoms with Crippen LogP contribution in [-0.2, 0) is 11.3 Å². The van der Waals surface area contributed by atoms with Gasteiger partial charge in [0.2, 0.25) is 0 Å². The van der Waals surface area contributed by atoms with Gasteiger partial charge in [0.15, 0.2) is 5.16 Å². The highest BCUT2D eigenvalue weighted by atomic mass is 32.2. The van der Waals surface area contributed by atoms with Crippen LogP contribution in [0, 0.1) is 6.92 Å². The molecule has 0 atom stereocenters. The molecule has 1 N–H and O–H groups in total. The third-order valence-electron chi connectivity index (χ3n) is 2.57. The van der Waals surface area contributed by atoms with E-state index in [0.29, 0.717) is 6.54 Å². The molecule has 1 aromatic carbocycles. The first-order chi connectivity index (χ1) is 8.63. The van der Waals surface area contributed by atoms with E-state index >= 15 is 0 Å². The fourth-order valence-electron chi connectivity index (χ4n) is 1.88. The van der Waals surface area contributed by atoms with Crippen LogP contribution >= 0.6 is 11.8 Å². The first-order valence-electron chi connectivity index (χ1n) is 5.55. The van der Waals surface area contributed by atoms with Crippen molar-refractivity contribution < 1.29 is 9.90 Å². The fraction of sp³-hybridized carbons (Fsp3) is 0.231. The minimum Gasteiger partial charge on any atom is -0.481 e. The maximum Gasteiger partial charge on any atom is 0.313 e. The summed E-state index contributed by atoms with van der Waals surface area (Å²) in [7, 11) is 0. The minimum atomic E-state index is -0.839. The number of imidazole rings is 1. The van der Waals surface area contributed by atoms with Gasteiger partial charge >= 0.3 is 5.97 Å². The minimum absolute atomic E-state index is 0.0134. The highest BCUT2D eigenvalue weighted by Gasteiger charge is 2.13. The van der Waals surface area contributed by atoms with Gasteiger partial charge in [-0.3, -0.25) is 4.79 Å². The van der Waals surface area contributed by atoms with Gasteiger partial charge in [-0.05, 0) is 18.6 Å². The summed E-state index contributed by atoms with van der Waals surface area (Å²) in [5.41, 5.74) is 3.07. The number of allylic oxidation sites excluding steroid dienone is 1. The molecule has 0 amide bonds. The van der Waals surface area contributed by atoms with Gasteiger partial charge in [0, 0.05) is 6.54 Å². The van der Waals surface area contributed by atoms with E-state index in [1.165, 1.54) is 11.8 Å². The predicted molar refractivity (Wildman–Crippen MR) is 73.0 cm³/mol. The lowest BCUT2D eigenvalue weighted by Crippen LogP contribution is -2.02. The molecule has 0 saturated carbocycles. The Morgan fingerprint density at radius 2 is 2.39 bits per heavy atom. The number of rotatable bonds is 5. The Morgan fingerprint density at radius 3 is 3.06 bits per heavy atom. The van der Waals surface area contributed by atoms with Crippen LogP contribution in [0.3, 0.4) is 0 Å². The molecule has 18 heavy (non-hydrogen) atoms. The largest absolute Gasteiger partial charge is 0.481 e. The Morgan fingerprint density at radius 1 is 1.61 bits per heavy atom. The van der Waals surface area contributed by atoms with Crippen molar-refractivity contribution in [1.82, 2.24) is 9.55 Å². The third-order valence-corrected chi connectivity index (χ3v) is 3.53. The monoisotopic (exact) mass is 262 g/mol. The number of nitrogens with zero attached hydrogens (tertiary/aromatic N) is 2. The molecule has 0 radical (unpaired) electrons. The second kappa shape index (κ2) is 5.27. The van der Waals surface area contributed by atoms with Crippen molar-refractivity contribution in [1.29, 1.82) is 0 Å². The summed E-state index contributed by atoms with van der Waals surface area (Å²) in [6, 6.07) is 5.91. The molecule has 5 heteroatoms. The number of carbonyl (C=O) groups is 1. The number of carboxylic acid groups (broad SMARTS) is 1. The molecular weight excluding hydrogens is 248 g/mol. The van der Waals surface area contributed by atoms with E-state index in [1.807, 2.05) is 29.7 Å². The molecule has 0 aliphatic rings. The van der Waals surface area contributed by atoms with Gasteiger partial charge < -0.3 is 9.67 Å². The van der Waals surface area contributed by atoms with Crippen molar-refractivity contribution in [2.45, 2.75) is 18.6 Å². The Kier molecular flexibility index (Phi) is 3.72. The number of carboxylic acids is 1. The second-order valence-electron chi connectivity index (χ2n) is 3.92. The molecule has 1 aromatic heterocycles. The van der Waals surface area contributed by atoms with Crippen LogP contribution in [0.5, 0.6) is 0 Å². The summed E-state index contributed by atoms with van der Waals surface area (Å²) in [5, 5.41) is 9.47. The number of aryl methyl sites for hydroxylation is 1. The maximum atomic E-state index is 10.6. The van der Waals surface area contributed by atoms with Gasteiger partial charge in [-0.25, -0.2) is 4.98 Å². The van der Waals surface area contributed by atoms with Crippen molar-refractivity contribution in [2.24, 2.45) is 0 Å². The van der Waals surface area contributed by atoms with Crippen LogP contribution in [0.25, 0.3) is 11.0 Å². The number of thioether (sulfide) groups is 1. The maximum absolute atomic E-state index is 10.6. The summed E-state index contributed by atoms with van der Waals surface area (Å²) < 4.78 is 2.01. The Bertz CT molecular complexity index is 604. The Hall–Kier alpha value is -1.75. The molecule has 0 bridgehead atoms. The third kappa shape index (κ3) is 2.41. The average Bonchev–Trinajstić information content (AvgIpc) is 2.67. The Balaban J connectivity index is 2.51. The zero-order valence-corrected chi connectivity index (χ0v) is 10.9. The second-order valence-corrected chi connectivity index (χ2v) is 4.86. The molecule has 0 aliphatic carbocycles. The van der Waals surface area contributed by atoms with Crippen LogP contribution in [0.4, 0.5) is 0 Å². The zero-order valence-electron chi connectivity index (χ0n) is 10.1. The number of benzene rings is 1. The van der Waals surface area contributed by atoms with Crippen LogP contribution in [0.1, 0.15) is 5.56 Å². The fourth-order valence-corrected chi connectivity index (χ4v) is 2.62. The van der Waals surface area contributed by atoms with E-state index in [-0.39, 0.29) is 5.75 Å². The van der Waals surface area contributed by atoms with E-state index in [9.17, 15) is 4.79 Å². The van der Waals surface area contributed by atoms with Gasteiger partial charge in [0.1, 0.15) is 0 Å². The number of aliphatic carboxylic acids is 1. The summed E-state index contributed by atoms with van der Waals surface area (Å²) in [6.07, 6.45) is 1.79. The van der Waals surface area contributed by atoms with Crippen molar-refractivity contribution >= 4 is 28.8 Å². The van der Waals surface area contributed by atoms with Crippen LogP contribution in [-0.4, -0.2) is 26.4 Å². The summed E-state index contributed by atoms with van der Waals surface area (Å²) in [4.78, 5) is 15.1. The smallest absolute Gasteiger partial charge is 0.313 e. The molecule has 0 saturated heterocycles. The van der Waals surface area contributed by atoms with Gasteiger partial charge in [-0.2, -0.15) is 0 Å². The summed E-state index contributed by atoms with van der Waals surface area (Å²) in [5.74, 6) is -0.826. The lowest BCUT2D eigenvalue weighted by molar-refractivity contribution is -0.133. The normalized spacial score (nSPS) is 10.7. The quantitative estimate of drug-likeness (QED) is 0.665. The van der Waals surface area contributed by atoms with Crippen LogP contribution in [0.15, 0.2) is 36.0 Å². The topological polar surface area (TPSA) is 55.1 Å². The highest BCUT2D eigenvalue weighted by Crippen LogP contribution is 2.26. The molecular formula is C13H14N2O2S. The van der Waals surface area contributed by atoms with Crippen molar-refractivity contribution in [2.75, 3.05) is 5.75 Å². The van der Waals surface area contributed by atoms with Crippen molar-refractivity contribution in [3.05, 3.63) is 36.4 Å². The summed E-state index contributed by atoms with van der Waals surface area (Å²) in [6.45, 7) is 6.39. The van der Waals surface area contributed by atoms with Crippen molar-refractivity contribution in [3.8, 4) is 0 Å². The van der Waals surface area contributed by atoms with E-state index in [2.05, 4.69) is 11.6 Å². The van der Waals surface area contributed by atoms with Crippen molar-refractivity contribution in [3.63, 3.8) is 0 Å². The van der Waals surface area contributed by atoms with E-state index in [4.69, 9.17) is 5.11 Å². The first-order valence-corrected chi connectivity index (χ1v) is 6.53. The SMILES string of the molecule is C=CCn1c(SCC(=O)O)nc2cccc(C)c21. The molecule has 1 heterocycles. The number of hydrogen-bond donors (Lipinski definition) is 1. The molecule has 2 aromatic rings. The van der Waals surface area contributed by atoms with E-state index in [1.54, 1.807) is 6.08 Å². The lowest BCUT2D eigenvalue weighted by atomic mass is 10.2. The standard InChI is InChI=1S/C13H14N2O2S/c1-3-7-15-12-9(2)5-4-6-10(12)14-13(15)18-8-11(16)17/h3-6H,1,7-8H2,2H3,(H,16,17). The Labute approximate surface area is 109 Å². The molecule has 4 nitrogen and oxygen atoms in total. The summed E-state index contributed by atoms with van der Waals surface area (Å²) >= 11 is 1.23. The number of fused-ring (bicyclic) bond motifs is 1. The number of hydrogen-bond acceptors (Lipinski definition) is 3. The molecule has 0 aliphatic heterocycles. The van der Waals surface area contributed by atoms with Gasteiger partial charge in [0.25, 0.3) is 0 Å². The molecule has 2 rings (SSSR count). The molecule has 0 spiro atoms. The molecule has 0 fully saturated rings. The van der Waals surface area contributed by atoms with Gasteiger partial charge in [-0.15, -0.1) is 6.58 Å². The molecule has 0 unspecified atom stereocenters. The van der Waals surface area contributed by atoms with Crippen LogP contribution < -0.4 is 0 Å². The van der Waals surface area contributed by atoms with E-state index in [0.717, 1.165) is 21.8 Å².